The van der Waals surface area contributed by atoms with Crippen molar-refractivity contribution in [1.29, 1.82) is 0 Å². The highest BCUT2D eigenvalue weighted by Gasteiger charge is 2.17. The molecular formula is C11H11N3O3. The first kappa shape index (κ1) is 11.1. The molecule has 0 aliphatic carbocycles. The summed E-state index contributed by atoms with van der Waals surface area (Å²) in [5, 5.41) is 10.7. The van der Waals surface area contributed by atoms with Crippen molar-refractivity contribution in [2.24, 2.45) is 0 Å². The summed E-state index contributed by atoms with van der Waals surface area (Å²) in [5.41, 5.74) is 1.16. The lowest BCUT2D eigenvalue weighted by molar-refractivity contribution is -0.389. The van der Waals surface area contributed by atoms with Gasteiger partial charge < -0.3 is 14.9 Å². The zero-order chi connectivity index (χ0) is 12.4. The number of nitrogens with one attached hydrogen (secondary N) is 1. The number of hydrogen-bond acceptors (Lipinski definition) is 4. The van der Waals surface area contributed by atoms with Gasteiger partial charge in [-0.3, -0.25) is 0 Å². The molecule has 0 fully saturated rings. The SMILES string of the molecule is COc1ccc(-c2nc(C)c([N+](=O)[O-])[nH]2)cc1. The average Bonchev–Trinajstić information content (AvgIpc) is 2.71. The summed E-state index contributed by atoms with van der Waals surface area (Å²) >= 11 is 0. The lowest BCUT2D eigenvalue weighted by Gasteiger charge is -1.98. The molecule has 1 N–H and O–H groups in total. The van der Waals surface area contributed by atoms with Gasteiger partial charge >= 0.3 is 5.82 Å². The first-order chi connectivity index (χ1) is 8.11. The topological polar surface area (TPSA) is 81.1 Å². The molecule has 6 nitrogen and oxygen atoms in total. The number of hydrogen-bond donors (Lipinski definition) is 1. The third-order valence-electron chi connectivity index (χ3n) is 2.41. The number of H-pyrrole nitrogens is 1. The van der Waals surface area contributed by atoms with Crippen molar-refractivity contribution in [3.05, 3.63) is 40.1 Å². The van der Waals surface area contributed by atoms with Gasteiger partial charge in [0.15, 0.2) is 0 Å². The molecule has 0 saturated heterocycles. The molecule has 88 valence electrons. The van der Waals surface area contributed by atoms with E-state index < -0.39 is 4.92 Å². The van der Waals surface area contributed by atoms with Crippen molar-refractivity contribution in [2.45, 2.75) is 6.92 Å². The molecule has 0 saturated carbocycles. The van der Waals surface area contributed by atoms with Crippen LogP contribution in [0.4, 0.5) is 5.82 Å². The summed E-state index contributed by atoms with van der Waals surface area (Å²) in [6.45, 7) is 1.60. The molecule has 6 heteroatoms. The Morgan fingerprint density at radius 3 is 2.47 bits per heavy atom. The smallest absolute Gasteiger partial charge is 0.343 e. The predicted octanol–water partition coefficient (Wildman–Crippen LogP) is 2.30. The highest BCUT2D eigenvalue weighted by Crippen LogP contribution is 2.23. The van der Waals surface area contributed by atoms with E-state index in [-0.39, 0.29) is 5.82 Å². The molecule has 0 atom stereocenters. The number of aromatic amines is 1. The van der Waals surface area contributed by atoms with Crippen LogP contribution in [0, 0.1) is 17.0 Å². The maximum Gasteiger partial charge on any atom is 0.343 e. The zero-order valence-electron chi connectivity index (χ0n) is 9.43. The Hall–Kier alpha value is -2.37. The van der Waals surface area contributed by atoms with E-state index in [1.54, 1.807) is 38.3 Å². The molecule has 0 aliphatic rings. The Labute approximate surface area is 97.4 Å². The summed E-state index contributed by atoms with van der Waals surface area (Å²) < 4.78 is 5.03. The van der Waals surface area contributed by atoms with Gasteiger partial charge in [-0.1, -0.05) is 0 Å². The van der Waals surface area contributed by atoms with Crippen molar-refractivity contribution in [1.82, 2.24) is 9.97 Å². The molecule has 2 aromatic rings. The minimum absolute atomic E-state index is 0.0733. The second-order valence-corrected chi connectivity index (χ2v) is 3.51. The molecular weight excluding hydrogens is 222 g/mol. The molecule has 0 spiro atoms. The van der Waals surface area contributed by atoms with Crippen LogP contribution in [-0.2, 0) is 0 Å². The fraction of sp³-hybridized carbons (Fsp3) is 0.182. The number of rotatable bonds is 3. The van der Waals surface area contributed by atoms with Crippen LogP contribution in [0.5, 0.6) is 5.75 Å². The van der Waals surface area contributed by atoms with Crippen LogP contribution in [0.25, 0.3) is 11.4 Å². The maximum absolute atomic E-state index is 10.7. The Kier molecular flexibility index (Phi) is 2.78. The van der Waals surface area contributed by atoms with Crippen molar-refractivity contribution in [3.63, 3.8) is 0 Å². The van der Waals surface area contributed by atoms with E-state index in [0.717, 1.165) is 11.3 Å². The molecule has 0 unspecified atom stereocenters. The predicted molar refractivity (Wildman–Crippen MR) is 62.0 cm³/mol. The fourth-order valence-corrected chi connectivity index (χ4v) is 1.51. The van der Waals surface area contributed by atoms with Crippen molar-refractivity contribution < 1.29 is 9.66 Å². The van der Waals surface area contributed by atoms with E-state index in [9.17, 15) is 10.1 Å². The Morgan fingerprint density at radius 1 is 1.35 bits per heavy atom. The number of aryl methyl sites for hydroxylation is 1. The van der Waals surface area contributed by atoms with Gasteiger partial charge in [0.25, 0.3) is 0 Å². The second kappa shape index (κ2) is 4.25. The minimum Gasteiger partial charge on any atom is -0.497 e. The molecule has 1 heterocycles. The Morgan fingerprint density at radius 2 is 2.00 bits per heavy atom. The number of nitrogens with zero attached hydrogens (tertiary/aromatic N) is 2. The van der Waals surface area contributed by atoms with Gasteiger partial charge in [-0.2, -0.15) is 0 Å². The summed E-state index contributed by atoms with van der Waals surface area (Å²) in [4.78, 5) is 17.0. The third kappa shape index (κ3) is 2.10. The first-order valence-corrected chi connectivity index (χ1v) is 4.97. The number of imidazole rings is 1. The number of benzene rings is 1. The molecule has 0 bridgehead atoms. The van der Waals surface area contributed by atoms with Crippen LogP contribution in [0.15, 0.2) is 24.3 Å². The highest BCUT2D eigenvalue weighted by atomic mass is 16.6. The van der Waals surface area contributed by atoms with E-state index in [0.29, 0.717) is 11.5 Å². The average molecular weight is 233 g/mol. The highest BCUT2D eigenvalue weighted by molar-refractivity contribution is 5.58. The van der Waals surface area contributed by atoms with Crippen LogP contribution < -0.4 is 4.74 Å². The van der Waals surface area contributed by atoms with Crippen molar-refractivity contribution >= 4 is 5.82 Å². The molecule has 0 radical (unpaired) electrons. The molecule has 0 aliphatic heterocycles. The fourth-order valence-electron chi connectivity index (χ4n) is 1.51. The standard InChI is InChI=1S/C11H11N3O3/c1-7-11(14(15)16)13-10(12-7)8-3-5-9(17-2)6-4-8/h3-6H,1-2H3,(H,12,13). The molecule has 1 aromatic heterocycles. The minimum atomic E-state index is -0.477. The summed E-state index contributed by atoms with van der Waals surface area (Å²) in [5.74, 6) is 1.14. The van der Waals surface area contributed by atoms with E-state index in [1.807, 2.05) is 0 Å². The van der Waals surface area contributed by atoms with Gasteiger partial charge in [-0.15, -0.1) is 0 Å². The Balaban J connectivity index is 2.39. The van der Waals surface area contributed by atoms with Gasteiger partial charge in [0.1, 0.15) is 11.4 Å². The molecule has 2 rings (SSSR count). The van der Waals surface area contributed by atoms with E-state index >= 15 is 0 Å². The van der Waals surface area contributed by atoms with Crippen LogP contribution in [0.1, 0.15) is 5.69 Å². The second-order valence-electron chi connectivity index (χ2n) is 3.51. The van der Waals surface area contributed by atoms with Gasteiger partial charge in [0.05, 0.1) is 7.11 Å². The summed E-state index contributed by atoms with van der Waals surface area (Å²) in [7, 11) is 1.58. The van der Waals surface area contributed by atoms with Crippen LogP contribution >= 0.6 is 0 Å². The zero-order valence-corrected chi connectivity index (χ0v) is 9.43. The number of nitro groups is 1. The lowest BCUT2D eigenvalue weighted by atomic mass is 10.2. The molecule has 17 heavy (non-hydrogen) atoms. The summed E-state index contributed by atoms with van der Waals surface area (Å²) in [6, 6.07) is 7.14. The van der Waals surface area contributed by atoms with Gasteiger partial charge in [0, 0.05) is 5.56 Å². The van der Waals surface area contributed by atoms with E-state index in [1.165, 1.54) is 0 Å². The number of ether oxygens (including phenoxy) is 1. The van der Waals surface area contributed by atoms with Gasteiger partial charge in [-0.05, 0) is 36.1 Å². The Bertz CT molecular complexity index is 546. The van der Waals surface area contributed by atoms with E-state index in [2.05, 4.69) is 9.97 Å². The van der Waals surface area contributed by atoms with Crippen LogP contribution in [-0.4, -0.2) is 22.0 Å². The van der Waals surface area contributed by atoms with Crippen LogP contribution in [0.2, 0.25) is 0 Å². The molecule has 0 amide bonds. The number of aromatic nitrogens is 2. The maximum atomic E-state index is 10.7. The monoisotopic (exact) mass is 233 g/mol. The summed E-state index contributed by atoms with van der Waals surface area (Å²) in [6.07, 6.45) is 0. The number of methoxy groups -OCH3 is 1. The van der Waals surface area contributed by atoms with Crippen LogP contribution in [0.3, 0.4) is 0 Å². The molecule has 1 aromatic carbocycles. The van der Waals surface area contributed by atoms with E-state index in [4.69, 9.17) is 4.74 Å². The van der Waals surface area contributed by atoms with Gasteiger partial charge in [-0.25, -0.2) is 9.97 Å². The van der Waals surface area contributed by atoms with Gasteiger partial charge in [0.2, 0.25) is 5.82 Å². The van der Waals surface area contributed by atoms with Crippen molar-refractivity contribution in [3.8, 4) is 17.1 Å². The van der Waals surface area contributed by atoms with Crippen molar-refractivity contribution in [2.75, 3.05) is 7.11 Å². The largest absolute Gasteiger partial charge is 0.497 e. The normalized spacial score (nSPS) is 10.2. The third-order valence-corrected chi connectivity index (χ3v) is 2.41. The quantitative estimate of drug-likeness (QED) is 0.651. The first-order valence-electron chi connectivity index (χ1n) is 4.97. The lowest BCUT2D eigenvalue weighted by Crippen LogP contribution is -1.89.